The number of rotatable bonds is 6. The predicted octanol–water partition coefficient (Wildman–Crippen LogP) is 4.03. The van der Waals surface area contributed by atoms with Crippen LogP contribution < -0.4 is 10.9 Å². The summed E-state index contributed by atoms with van der Waals surface area (Å²) in [6.07, 6.45) is -1.09. The van der Waals surface area contributed by atoms with E-state index >= 15 is 0 Å². The molecule has 3 aromatic rings. The van der Waals surface area contributed by atoms with Gasteiger partial charge in [-0.1, -0.05) is 35.9 Å². The highest BCUT2D eigenvalue weighted by atomic mass is 35.5. The van der Waals surface area contributed by atoms with Crippen LogP contribution in [0.15, 0.2) is 53.6 Å². The molecule has 1 aromatic carbocycles. The quantitative estimate of drug-likeness (QED) is 0.579. The molecule has 33 heavy (non-hydrogen) atoms. The van der Waals surface area contributed by atoms with Crippen molar-refractivity contribution in [1.82, 2.24) is 19.7 Å². The second kappa shape index (κ2) is 9.22. The molecule has 0 saturated carbocycles. The molecule has 1 amide bonds. The number of alkyl halides is 3. The van der Waals surface area contributed by atoms with Gasteiger partial charge in [0.1, 0.15) is 5.02 Å². The van der Waals surface area contributed by atoms with Gasteiger partial charge in [0.15, 0.2) is 5.82 Å². The van der Waals surface area contributed by atoms with Crippen LogP contribution in [0.3, 0.4) is 0 Å². The van der Waals surface area contributed by atoms with Crippen LogP contribution in [0.25, 0.3) is 5.82 Å². The molecule has 0 radical (unpaired) electrons. The van der Waals surface area contributed by atoms with E-state index in [1.54, 1.807) is 0 Å². The van der Waals surface area contributed by atoms with Crippen LogP contribution in [0.5, 0.6) is 0 Å². The van der Waals surface area contributed by atoms with Crippen LogP contribution in [0.1, 0.15) is 29.5 Å². The molecule has 172 valence electrons. The third kappa shape index (κ3) is 5.16. The standard InChI is InChI=1S/C22H19ClF3N5O2/c23-20-17(12-29-31(21(20)33)18-8-7-16(11-28-18)22(24,25)26)27-10-14-3-5-15(6-4-14)13-30-9-1-2-19(30)32/h3-8,11-12,27H,1-2,9-10,13H2. The lowest BCUT2D eigenvalue weighted by Crippen LogP contribution is -2.24. The second-order valence-corrected chi connectivity index (χ2v) is 7.96. The topological polar surface area (TPSA) is 80.1 Å². The monoisotopic (exact) mass is 477 g/mol. The number of benzene rings is 1. The van der Waals surface area contributed by atoms with E-state index in [9.17, 15) is 22.8 Å². The fourth-order valence-corrected chi connectivity index (χ4v) is 3.65. The summed E-state index contributed by atoms with van der Waals surface area (Å²) in [4.78, 5) is 29.8. The minimum Gasteiger partial charge on any atom is -0.378 e. The van der Waals surface area contributed by atoms with Crippen molar-refractivity contribution in [2.45, 2.75) is 32.1 Å². The van der Waals surface area contributed by atoms with E-state index in [4.69, 9.17) is 11.6 Å². The van der Waals surface area contributed by atoms with Crippen LogP contribution in [0.4, 0.5) is 18.9 Å². The number of anilines is 1. The van der Waals surface area contributed by atoms with Gasteiger partial charge >= 0.3 is 6.18 Å². The average molecular weight is 478 g/mol. The molecule has 0 spiro atoms. The van der Waals surface area contributed by atoms with E-state index in [1.165, 1.54) is 6.20 Å². The number of amides is 1. The van der Waals surface area contributed by atoms with Gasteiger partial charge in [0.2, 0.25) is 5.91 Å². The summed E-state index contributed by atoms with van der Waals surface area (Å²) in [5.41, 5.74) is 0.606. The van der Waals surface area contributed by atoms with Gasteiger partial charge in [-0.15, -0.1) is 0 Å². The van der Waals surface area contributed by atoms with Crippen molar-refractivity contribution in [2.75, 3.05) is 11.9 Å². The van der Waals surface area contributed by atoms with Gasteiger partial charge in [0, 0.05) is 32.3 Å². The lowest BCUT2D eigenvalue weighted by molar-refractivity contribution is -0.137. The summed E-state index contributed by atoms with van der Waals surface area (Å²) in [6, 6.07) is 9.58. The number of aromatic nitrogens is 3. The Bertz CT molecular complexity index is 1210. The lowest BCUT2D eigenvalue weighted by Gasteiger charge is -2.16. The molecule has 2 aromatic heterocycles. The number of halogens is 4. The molecule has 7 nitrogen and oxygen atoms in total. The van der Waals surface area contributed by atoms with Crippen LogP contribution >= 0.6 is 11.6 Å². The third-order valence-corrected chi connectivity index (χ3v) is 5.63. The number of nitrogens with one attached hydrogen (secondary N) is 1. The molecule has 1 aliphatic heterocycles. The van der Waals surface area contributed by atoms with Crippen molar-refractivity contribution < 1.29 is 18.0 Å². The first-order valence-corrected chi connectivity index (χ1v) is 10.5. The molecule has 0 atom stereocenters. The Labute approximate surface area is 191 Å². The average Bonchev–Trinajstić information content (AvgIpc) is 3.19. The first-order valence-electron chi connectivity index (χ1n) is 10.1. The molecular formula is C22H19ClF3N5O2. The first kappa shape index (κ1) is 22.8. The highest BCUT2D eigenvalue weighted by Crippen LogP contribution is 2.28. The van der Waals surface area contributed by atoms with E-state index in [0.717, 1.165) is 40.9 Å². The largest absolute Gasteiger partial charge is 0.417 e. The Balaban J connectivity index is 1.42. The molecule has 0 aliphatic carbocycles. The van der Waals surface area contributed by atoms with Gasteiger partial charge < -0.3 is 10.2 Å². The van der Waals surface area contributed by atoms with Crippen molar-refractivity contribution in [2.24, 2.45) is 0 Å². The normalized spacial score (nSPS) is 14.1. The Morgan fingerprint density at radius 2 is 1.76 bits per heavy atom. The van der Waals surface area contributed by atoms with E-state index in [1.807, 2.05) is 29.2 Å². The molecule has 1 N–H and O–H groups in total. The SMILES string of the molecule is O=C1CCCN1Cc1ccc(CNc2cnn(-c3ccc(C(F)(F)F)cn3)c(=O)c2Cl)cc1. The van der Waals surface area contributed by atoms with E-state index in [0.29, 0.717) is 25.7 Å². The van der Waals surface area contributed by atoms with Crippen molar-refractivity contribution >= 4 is 23.2 Å². The molecular weight excluding hydrogens is 459 g/mol. The molecule has 3 heterocycles. The van der Waals surface area contributed by atoms with Gasteiger partial charge in [0.05, 0.1) is 17.4 Å². The van der Waals surface area contributed by atoms with E-state index in [-0.39, 0.29) is 22.4 Å². The molecule has 1 aliphatic rings. The van der Waals surface area contributed by atoms with Crippen molar-refractivity contribution in [3.05, 3.63) is 80.9 Å². The summed E-state index contributed by atoms with van der Waals surface area (Å²) >= 11 is 6.17. The summed E-state index contributed by atoms with van der Waals surface area (Å²) in [6.45, 7) is 1.73. The molecule has 11 heteroatoms. The van der Waals surface area contributed by atoms with Crippen molar-refractivity contribution in [3.8, 4) is 5.82 Å². The van der Waals surface area contributed by atoms with Gasteiger partial charge in [0.25, 0.3) is 5.56 Å². The van der Waals surface area contributed by atoms with Crippen LogP contribution in [0, 0.1) is 0 Å². The number of pyridine rings is 1. The van der Waals surface area contributed by atoms with Gasteiger partial charge in [-0.3, -0.25) is 9.59 Å². The van der Waals surface area contributed by atoms with Gasteiger partial charge in [-0.05, 0) is 29.7 Å². The van der Waals surface area contributed by atoms with Crippen LogP contribution in [-0.4, -0.2) is 32.1 Å². The summed E-state index contributed by atoms with van der Waals surface area (Å²) < 4.78 is 38.9. The Morgan fingerprint density at radius 3 is 2.36 bits per heavy atom. The molecule has 1 saturated heterocycles. The maximum Gasteiger partial charge on any atom is 0.417 e. The Hall–Kier alpha value is -3.40. The van der Waals surface area contributed by atoms with Crippen LogP contribution in [-0.2, 0) is 24.1 Å². The zero-order valence-corrected chi connectivity index (χ0v) is 18.0. The molecule has 0 unspecified atom stereocenters. The predicted molar refractivity (Wildman–Crippen MR) is 116 cm³/mol. The van der Waals surface area contributed by atoms with E-state index in [2.05, 4.69) is 15.4 Å². The van der Waals surface area contributed by atoms with Crippen molar-refractivity contribution in [3.63, 3.8) is 0 Å². The van der Waals surface area contributed by atoms with Crippen LogP contribution in [0.2, 0.25) is 5.02 Å². The molecule has 1 fully saturated rings. The van der Waals surface area contributed by atoms with Crippen molar-refractivity contribution in [1.29, 1.82) is 0 Å². The zero-order chi connectivity index (χ0) is 23.6. The number of carbonyl (C=O) groups excluding carboxylic acids is 1. The highest BCUT2D eigenvalue weighted by Gasteiger charge is 2.30. The summed E-state index contributed by atoms with van der Waals surface area (Å²) in [7, 11) is 0. The third-order valence-electron chi connectivity index (χ3n) is 5.26. The fourth-order valence-electron chi connectivity index (χ4n) is 3.45. The minimum atomic E-state index is -4.53. The van der Waals surface area contributed by atoms with Gasteiger partial charge in [-0.25, -0.2) is 4.98 Å². The molecule has 0 bridgehead atoms. The number of nitrogens with zero attached hydrogens (tertiary/aromatic N) is 4. The number of carbonyl (C=O) groups is 1. The Morgan fingerprint density at radius 1 is 1.03 bits per heavy atom. The first-order chi connectivity index (χ1) is 15.7. The number of hydrogen-bond donors (Lipinski definition) is 1. The molecule has 4 rings (SSSR count). The fraction of sp³-hybridized carbons (Fsp3) is 0.273. The Kier molecular flexibility index (Phi) is 6.37. The number of hydrogen-bond acceptors (Lipinski definition) is 5. The smallest absolute Gasteiger partial charge is 0.378 e. The van der Waals surface area contributed by atoms with E-state index < -0.39 is 17.3 Å². The maximum atomic E-state index is 12.7. The maximum absolute atomic E-state index is 12.7. The lowest BCUT2D eigenvalue weighted by atomic mass is 10.1. The van der Waals surface area contributed by atoms with Gasteiger partial charge in [-0.2, -0.15) is 23.0 Å². The zero-order valence-electron chi connectivity index (χ0n) is 17.3. The second-order valence-electron chi connectivity index (χ2n) is 7.58. The summed E-state index contributed by atoms with van der Waals surface area (Å²) in [5, 5.41) is 6.85. The minimum absolute atomic E-state index is 0.0754. The highest BCUT2D eigenvalue weighted by molar-refractivity contribution is 6.32. The number of likely N-dealkylation sites (tertiary alicyclic amines) is 1. The summed E-state index contributed by atoms with van der Waals surface area (Å²) in [5.74, 6) is 0.0950.